The Hall–Kier alpha value is -2.59. The Balaban J connectivity index is 1.63. The summed E-state index contributed by atoms with van der Waals surface area (Å²) >= 11 is 6.02. The topological polar surface area (TPSA) is 62.0 Å². The molecule has 4 nitrogen and oxygen atoms in total. The number of benzene rings is 2. The van der Waals surface area contributed by atoms with Gasteiger partial charge in [-0.3, -0.25) is 9.59 Å². The number of hydrogen-bond donors (Lipinski definition) is 2. The largest absolute Gasteiger partial charge is 0.344 e. The molecule has 2 N–H and O–H groups in total. The van der Waals surface area contributed by atoms with E-state index in [0.717, 1.165) is 23.8 Å². The molecule has 4 rings (SSSR count). The third-order valence-electron chi connectivity index (χ3n) is 4.49. The summed E-state index contributed by atoms with van der Waals surface area (Å²) in [6.45, 7) is 0. The molecule has 1 aliphatic rings. The molecule has 24 heavy (non-hydrogen) atoms. The van der Waals surface area contributed by atoms with Gasteiger partial charge in [0.15, 0.2) is 0 Å². The molecule has 0 saturated carbocycles. The minimum absolute atomic E-state index is 0.0558. The molecule has 0 fully saturated rings. The number of carbonyl (C=O) groups excluding carboxylic acids is 1. The lowest BCUT2D eigenvalue weighted by Crippen LogP contribution is -2.29. The van der Waals surface area contributed by atoms with Crippen LogP contribution in [-0.4, -0.2) is 10.9 Å². The van der Waals surface area contributed by atoms with Crippen molar-refractivity contribution in [1.29, 1.82) is 0 Å². The molecule has 1 atom stereocenters. The van der Waals surface area contributed by atoms with Crippen LogP contribution in [0.25, 0.3) is 10.8 Å². The van der Waals surface area contributed by atoms with Crippen LogP contribution in [0.2, 0.25) is 5.02 Å². The van der Waals surface area contributed by atoms with Crippen molar-refractivity contribution in [3.05, 3.63) is 80.7 Å². The minimum Gasteiger partial charge on any atom is -0.344 e. The molecule has 120 valence electrons. The van der Waals surface area contributed by atoms with Crippen molar-refractivity contribution >= 4 is 28.3 Å². The van der Waals surface area contributed by atoms with Gasteiger partial charge < -0.3 is 10.3 Å². The van der Waals surface area contributed by atoms with Crippen molar-refractivity contribution in [2.24, 2.45) is 0 Å². The van der Waals surface area contributed by atoms with Gasteiger partial charge in [-0.2, -0.15) is 0 Å². The Bertz CT molecular complexity index is 1010. The van der Waals surface area contributed by atoms with Gasteiger partial charge in [-0.15, -0.1) is 0 Å². The number of aromatic amines is 1. The van der Waals surface area contributed by atoms with Crippen LogP contribution in [0, 0.1) is 0 Å². The van der Waals surface area contributed by atoms with E-state index in [4.69, 9.17) is 11.6 Å². The Morgan fingerprint density at radius 2 is 2.00 bits per heavy atom. The first kappa shape index (κ1) is 15.0. The zero-order valence-electron chi connectivity index (χ0n) is 12.8. The van der Waals surface area contributed by atoms with E-state index in [1.54, 1.807) is 18.2 Å². The number of rotatable bonds is 2. The first-order chi connectivity index (χ1) is 11.6. The fourth-order valence-corrected chi connectivity index (χ4v) is 3.50. The fraction of sp³-hybridized carbons (Fsp3) is 0.158. The van der Waals surface area contributed by atoms with Crippen LogP contribution in [0.5, 0.6) is 0 Å². The number of H-pyrrole nitrogens is 1. The normalized spacial score (nSPS) is 16.1. The molecule has 1 amide bonds. The van der Waals surface area contributed by atoms with E-state index >= 15 is 0 Å². The number of aromatic nitrogens is 1. The van der Waals surface area contributed by atoms with Crippen LogP contribution in [0.3, 0.4) is 0 Å². The smallest absolute Gasteiger partial charge is 0.268 e. The van der Waals surface area contributed by atoms with Crippen LogP contribution < -0.4 is 10.9 Å². The highest BCUT2D eigenvalue weighted by Crippen LogP contribution is 2.33. The number of nitrogens with one attached hydrogen (secondary N) is 2. The zero-order chi connectivity index (χ0) is 16.7. The average Bonchev–Trinajstić information content (AvgIpc) is 2.96. The molecule has 0 saturated heterocycles. The molecular formula is C19H15ClN2O2. The van der Waals surface area contributed by atoms with Gasteiger partial charge in [-0.1, -0.05) is 35.9 Å². The summed E-state index contributed by atoms with van der Waals surface area (Å²) in [4.78, 5) is 27.4. The number of hydrogen-bond acceptors (Lipinski definition) is 2. The zero-order valence-corrected chi connectivity index (χ0v) is 13.6. The second-order valence-electron chi connectivity index (χ2n) is 6.01. The number of halogens is 1. The highest BCUT2D eigenvalue weighted by molar-refractivity contribution is 6.30. The van der Waals surface area contributed by atoms with Gasteiger partial charge in [0.2, 0.25) is 0 Å². The fourth-order valence-electron chi connectivity index (χ4n) is 3.31. The monoisotopic (exact) mass is 338 g/mol. The third kappa shape index (κ3) is 2.59. The molecule has 1 heterocycles. The summed E-state index contributed by atoms with van der Waals surface area (Å²) in [6, 6.07) is 14.6. The molecule has 3 aromatic rings. The van der Waals surface area contributed by atoms with Crippen LogP contribution in [0.4, 0.5) is 0 Å². The van der Waals surface area contributed by atoms with Gasteiger partial charge in [0, 0.05) is 10.4 Å². The lowest BCUT2D eigenvalue weighted by atomic mass is 10.1. The van der Waals surface area contributed by atoms with Crippen molar-refractivity contribution < 1.29 is 4.79 Å². The predicted octanol–water partition coefficient (Wildman–Crippen LogP) is 3.60. The van der Waals surface area contributed by atoms with Crippen molar-refractivity contribution in [3.8, 4) is 0 Å². The van der Waals surface area contributed by atoms with Gasteiger partial charge >= 0.3 is 0 Å². The molecular weight excluding hydrogens is 324 g/mol. The van der Waals surface area contributed by atoms with Crippen LogP contribution in [0.15, 0.2) is 53.3 Å². The Morgan fingerprint density at radius 1 is 1.17 bits per heavy atom. The molecule has 1 aliphatic carbocycles. The van der Waals surface area contributed by atoms with E-state index in [-0.39, 0.29) is 23.2 Å². The molecule has 0 bridgehead atoms. The molecule has 0 aliphatic heterocycles. The Kier molecular flexibility index (Phi) is 3.62. The number of aryl methyl sites for hydroxylation is 1. The second-order valence-corrected chi connectivity index (χ2v) is 6.44. The van der Waals surface area contributed by atoms with Crippen LogP contribution in [0.1, 0.15) is 34.1 Å². The van der Waals surface area contributed by atoms with Gasteiger partial charge in [0.05, 0.1) is 6.04 Å². The Morgan fingerprint density at radius 3 is 2.88 bits per heavy atom. The highest BCUT2D eigenvalue weighted by atomic mass is 35.5. The van der Waals surface area contributed by atoms with Crippen LogP contribution >= 0.6 is 11.6 Å². The molecule has 0 spiro atoms. The summed E-state index contributed by atoms with van der Waals surface area (Å²) in [6.07, 6.45) is 1.72. The maximum absolute atomic E-state index is 12.6. The van der Waals surface area contributed by atoms with Gasteiger partial charge in [-0.25, -0.2) is 0 Å². The quantitative estimate of drug-likeness (QED) is 0.750. The molecule has 2 aromatic carbocycles. The van der Waals surface area contributed by atoms with Crippen molar-refractivity contribution in [3.63, 3.8) is 0 Å². The molecule has 5 heteroatoms. The average molecular weight is 339 g/mol. The minimum atomic E-state index is -0.273. The summed E-state index contributed by atoms with van der Waals surface area (Å²) in [5.41, 5.74) is 2.29. The number of amides is 1. The first-order valence-electron chi connectivity index (χ1n) is 7.83. The second kappa shape index (κ2) is 5.80. The molecule has 0 radical (unpaired) electrons. The summed E-state index contributed by atoms with van der Waals surface area (Å²) < 4.78 is 0. The summed E-state index contributed by atoms with van der Waals surface area (Å²) in [5, 5.41) is 5.05. The maximum Gasteiger partial charge on any atom is 0.268 e. The van der Waals surface area contributed by atoms with Gasteiger partial charge in [0.25, 0.3) is 11.5 Å². The lowest BCUT2D eigenvalue weighted by molar-refractivity contribution is 0.0931. The van der Waals surface area contributed by atoms with E-state index in [1.807, 2.05) is 30.3 Å². The number of carbonyl (C=O) groups is 1. The lowest BCUT2D eigenvalue weighted by Gasteiger charge is -2.14. The van der Waals surface area contributed by atoms with E-state index in [9.17, 15) is 9.59 Å². The number of fused-ring (bicyclic) bond motifs is 2. The van der Waals surface area contributed by atoms with E-state index in [1.165, 1.54) is 5.56 Å². The molecule has 1 unspecified atom stereocenters. The van der Waals surface area contributed by atoms with Gasteiger partial charge in [-0.05, 0) is 53.6 Å². The van der Waals surface area contributed by atoms with Crippen molar-refractivity contribution in [2.75, 3.05) is 0 Å². The van der Waals surface area contributed by atoms with Crippen molar-refractivity contribution in [2.45, 2.75) is 18.9 Å². The van der Waals surface area contributed by atoms with E-state index in [0.29, 0.717) is 10.4 Å². The number of pyridine rings is 1. The summed E-state index contributed by atoms with van der Waals surface area (Å²) in [5.74, 6) is -0.273. The third-order valence-corrected chi connectivity index (χ3v) is 4.72. The standard InChI is InChI=1S/C19H15ClN2O2/c20-13-6-7-14-12(9-13)5-8-16(14)21-19(24)17-10-11-3-1-2-4-15(11)18(23)22-17/h1-4,6-7,9-10,16H,5,8H2,(H,21,24)(H,22,23). The summed E-state index contributed by atoms with van der Waals surface area (Å²) in [7, 11) is 0. The van der Waals surface area contributed by atoms with E-state index < -0.39 is 0 Å². The first-order valence-corrected chi connectivity index (χ1v) is 8.21. The van der Waals surface area contributed by atoms with Crippen molar-refractivity contribution in [1.82, 2.24) is 10.3 Å². The van der Waals surface area contributed by atoms with Gasteiger partial charge in [0.1, 0.15) is 5.69 Å². The van der Waals surface area contributed by atoms with Crippen LogP contribution in [-0.2, 0) is 6.42 Å². The highest BCUT2D eigenvalue weighted by Gasteiger charge is 2.24. The maximum atomic E-state index is 12.6. The molecule has 1 aromatic heterocycles. The predicted molar refractivity (Wildman–Crippen MR) is 94.5 cm³/mol. The Labute approximate surface area is 143 Å². The van der Waals surface area contributed by atoms with E-state index in [2.05, 4.69) is 10.3 Å². The SMILES string of the molecule is O=C(NC1CCc2cc(Cl)ccc21)c1cc2ccccc2c(=O)[nH]1.